The Morgan fingerprint density at radius 2 is 2.06 bits per heavy atom. The van der Waals surface area contributed by atoms with E-state index in [2.05, 4.69) is 38.2 Å². The van der Waals surface area contributed by atoms with Crippen LogP contribution in [0.25, 0.3) is 11.5 Å². The van der Waals surface area contributed by atoms with Crippen LogP contribution in [0.4, 0.5) is 15.2 Å². The van der Waals surface area contributed by atoms with Crippen LogP contribution in [0.1, 0.15) is 27.2 Å². The maximum absolute atomic E-state index is 15.0. The summed E-state index contributed by atoms with van der Waals surface area (Å²) in [5.74, 6) is -0.763. The van der Waals surface area contributed by atoms with Crippen LogP contribution in [0.2, 0.25) is 0 Å². The number of halogens is 1. The fourth-order valence-corrected chi connectivity index (χ4v) is 5.05. The Morgan fingerprint density at radius 1 is 1.30 bits per heavy atom. The van der Waals surface area contributed by atoms with Gasteiger partial charge in [0.15, 0.2) is 0 Å². The molecule has 0 amide bonds. The molecule has 2 aromatic heterocycles. The minimum absolute atomic E-state index is 0.0246. The van der Waals surface area contributed by atoms with Crippen LogP contribution in [0, 0.1) is 17.2 Å². The molecule has 2 heterocycles. The molecule has 0 spiro atoms. The highest BCUT2D eigenvalue weighted by Crippen LogP contribution is 2.33. The molecular weight excluding hydrogens is 469 g/mol. The van der Waals surface area contributed by atoms with Crippen LogP contribution >= 0.6 is 11.5 Å². The Hall–Kier alpha value is -2.61. The average molecular weight is 498 g/mol. The van der Waals surface area contributed by atoms with Gasteiger partial charge in [-0.1, -0.05) is 13.8 Å². The molecular formula is C20H28FN7O3S2. The first-order chi connectivity index (χ1) is 15.5. The molecule has 2 atom stereocenters. The number of nitrogens with zero attached hydrogens (tertiary/aromatic N) is 3. The van der Waals surface area contributed by atoms with Gasteiger partial charge >= 0.3 is 0 Å². The maximum atomic E-state index is 15.0. The van der Waals surface area contributed by atoms with Crippen molar-refractivity contribution in [3.05, 3.63) is 36.7 Å². The molecule has 0 saturated heterocycles. The number of hydrogen-bond donors (Lipinski definition) is 4. The van der Waals surface area contributed by atoms with Crippen molar-refractivity contribution in [2.24, 2.45) is 22.8 Å². The number of benzene rings is 1. The van der Waals surface area contributed by atoms with E-state index in [0.29, 0.717) is 24.3 Å². The number of aromatic nitrogens is 3. The first-order valence-corrected chi connectivity index (χ1v) is 12.5. The highest BCUT2D eigenvalue weighted by molar-refractivity contribution is 7.93. The third kappa shape index (κ3) is 6.25. The topological polar surface area (TPSA) is 162 Å². The molecule has 0 radical (unpaired) electrons. The Bertz CT molecular complexity index is 1150. The number of hydrogen-bond acceptors (Lipinski definition) is 10. The van der Waals surface area contributed by atoms with E-state index in [-0.39, 0.29) is 28.4 Å². The summed E-state index contributed by atoms with van der Waals surface area (Å²) >= 11 is 0.838. The van der Waals surface area contributed by atoms with E-state index in [4.69, 9.17) is 15.9 Å². The molecule has 33 heavy (non-hydrogen) atoms. The lowest BCUT2D eigenvalue weighted by atomic mass is 9.80. The van der Waals surface area contributed by atoms with E-state index in [1.54, 1.807) is 0 Å². The Kier molecular flexibility index (Phi) is 7.67. The normalized spacial score (nSPS) is 14.1. The maximum Gasteiger partial charge on any atom is 0.266 e. The summed E-state index contributed by atoms with van der Waals surface area (Å²) in [6.45, 7) is 6.95. The fourth-order valence-electron chi connectivity index (χ4n) is 3.31. The van der Waals surface area contributed by atoms with Crippen LogP contribution in [-0.2, 0) is 10.0 Å². The van der Waals surface area contributed by atoms with Crippen molar-refractivity contribution in [3.63, 3.8) is 0 Å². The van der Waals surface area contributed by atoms with Crippen molar-refractivity contribution in [1.29, 1.82) is 0 Å². The lowest BCUT2D eigenvalue weighted by Gasteiger charge is -2.31. The summed E-state index contributed by atoms with van der Waals surface area (Å²) in [4.78, 5) is 7.32. The molecule has 1 aromatic carbocycles. The molecule has 0 saturated carbocycles. The molecule has 0 bridgehead atoms. The van der Waals surface area contributed by atoms with Gasteiger partial charge in [0.2, 0.25) is 11.0 Å². The number of sulfonamides is 1. The van der Waals surface area contributed by atoms with Gasteiger partial charge in [-0.05, 0) is 43.4 Å². The van der Waals surface area contributed by atoms with E-state index < -0.39 is 20.7 Å². The van der Waals surface area contributed by atoms with Gasteiger partial charge in [-0.2, -0.15) is 4.37 Å². The van der Waals surface area contributed by atoms with Gasteiger partial charge in [-0.15, -0.1) is 0 Å². The molecule has 0 unspecified atom stereocenters. The van der Waals surface area contributed by atoms with E-state index in [1.165, 1.54) is 24.9 Å². The van der Waals surface area contributed by atoms with Crippen LogP contribution in [0.3, 0.4) is 0 Å². The minimum atomic E-state index is -4.26. The largest absolute Gasteiger partial charge is 0.444 e. The summed E-state index contributed by atoms with van der Waals surface area (Å²) < 4.78 is 51.9. The second kappa shape index (κ2) is 10.1. The van der Waals surface area contributed by atoms with Crippen molar-refractivity contribution in [2.45, 2.75) is 38.1 Å². The predicted octanol–water partition coefficient (Wildman–Crippen LogP) is 2.88. The Labute approximate surface area is 196 Å². The highest BCUT2D eigenvalue weighted by Gasteiger charge is 2.27. The number of nitrogens with one attached hydrogen (secondary N) is 2. The van der Waals surface area contributed by atoms with Gasteiger partial charge in [0.1, 0.15) is 23.3 Å². The van der Waals surface area contributed by atoms with Gasteiger partial charge in [0.05, 0.1) is 11.8 Å². The van der Waals surface area contributed by atoms with Crippen LogP contribution < -0.4 is 21.5 Å². The molecule has 3 aromatic rings. The minimum Gasteiger partial charge on any atom is -0.444 e. The molecule has 10 nitrogen and oxygen atoms in total. The smallest absolute Gasteiger partial charge is 0.266 e. The van der Waals surface area contributed by atoms with Crippen molar-refractivity contribution < 1.29 is 17.2 Å². The van der Waals surface area contributed by atoms with Crippen LogP contribution in [-0.4, -0.2) is 41.9 Å². The van der Waals surface area contributed by atoms with E-state index >= 15 is 4.39 Å². The van der Waals surface area contributed by atoms with Crippen molar-refractivity contribution in [1.82, 2.24) is 14.3 Å². The van der Waals surface area contributed by atoms with Gasteiger partial charge in [-0.25, -0.2) is 22.8 Å². The lowest BCUT2D eigenvalue weighted by Crippen LogP contribution is -2.37. The third-order valence-electron chi connectivity index (χ3n) is 5.27. The Balaban J connectivity index is 1.94. The number of rotatable bonds is 11. The zero-order valence-corrected chi connectivity index (χ0v) is 20.2. The Morgan fingerprint density at radius 3 is 2.64 bits per heavy atom. The van der Waals surface area contributed by atoms with Crippen molar-refractivity contribution >= 4 is 32.4 Å². The molecule has 6 N–H and O–H groups in total. The van der Waals surface area contributed by atoms with E-state index in [0.717, 1.165) is 24.0 Å². The number of nitrogens with two attached hydrogens (primary N) is 2. The molecule has 0 aliphatic carbocycles. The summed E-state index contributed by atoms with van der Waals surface area (Å²) in [6, 6.07) is 2.15. The first-order valence-electron chi connectivity index (χ1n) is 10.2. The van der Waals surface area contributed by atoms with Crippen molar-refractivity contribution in [2.75, 3.05) is 23.1 Å². The fraction of sp³-hybridized carbons (Fsp3) is 0.450. The molecule has 0 aliphatic heterocycles. The summed E-state index contributed by atoms with van der Waals surface area (Å²) in [5.41, 5.74) is 12.6. The first kappa shape index (κ1) is 25.0. The van der Waals surface area contributed by atoms with Gasteiger partial charge in [0.25, 0.3) is 10.0 Å². The average Bonchev–Trinajstić information content (AvgIpc) is 3.44. The van der Waals surface area contributed by atoms with E-state index in [9.17, 15) is 8.42 Å². The molecule has 180 valence electrons. The number of oxazole rings is 1. The van der Waals surface area contributed by atoms with Gasteiger partial charge in [0, 0.05) is 29.8 Å². The summed E-state index contributed by atoms with van der Waals surface area (Å²) in [6.07, 6.45) is 4.73. The second-order valence-electron chi connectivity index (χ2n) is 8.59. The lowest BCUT2D eigenvalue weighted by molar-refractivity contribution is 0.261. The number of anilines is 2. The predicted molar refractivity (Wildman–Crippen MR) is 126 cm³/mol. The van der Waals surface area contributed by atoms with Crippen LogP contribution in [0.5, 0.6) is 0 Å². The van der Waals surface area contributed by atoms with Gasteiger partial charge in [-0.3, -0.25) is 4.72 Å². The quantitative estimate of drug-likeness (QED) is 0.312. The van der Waals surface area contributed by atoms with Gasteiger partial charge < -0.3 is 21.2 Å². The SMILES string of the molecule is C[C@@H](N)[C@H](CNc1cc(F)c(S(=O)(=O)Nc2ncns2)cc1-c1ncco1)CC(C)(C)CN. The molecule has 0 fully saturated rings. The molecule has 13 heteroatoms. The monoisotopic (exact) mass is 497 g/mol. The third-order valence-corrected chi connectivity index (χ3v) is 7.34. The second-order valence-corrected chi connectivity index (χ2v) is 11.0. The molecule has 0 aliphatic rings. The zero-order chi connectivity index (χ0) is 24.2. The molecule has 3 rings (SSSR count). The standard InChI is InChI=1S/C20H28FN7O3S2/c1-12(23)13(8-20(2,3)10-22)9-25-16-7-15(21)17(6-14(16)18-24-4-5-31-18)33(29,30)28-19-26-11-27-32-19/h4-7,11-13,25H,8-10,22-23H2,1-3H3,(H,26,27,28)/t12-,13+/m1/s1. The zero-order valence-electron chi connectivity index (χ0n) is 18.6. The summed E-state index contributed by atoms with van der Waals surface area (Å²) in [7, 11) is -4.26. The van der Waals surface area contributed by atoms with E-state index in [1.807, 2.05) is 6.92 Å². The van der Waals surface area contributed by atoms with Crippen LogP contribution in [0.15, 0.2) is 40.2 Å². The van der Waals surface area contributed by atoms with Crippen molar-refractivity contribution in [3.8, 4) is 11.5 Å². The highest BCUT2D eigenvalue weighted by atomic mass is 32.2. The summed E-state index contributed by atoms with van der Waals surface area (Å²) in [5, 5.41) is 3.22.